The molecule has 1 aromatic rings. The fourth-order valence-electron chi connectivity index (χ4n) is 2.27. The normalized spacial score (nSPS) is 29.0. The predicted octanol–water partition coefficient (Wildman–Crippen LogP) is 1.97. The molecule has 1 saturated carbocycles. The lowest BCUT2D eigenvalue weighted by molar-refractivity contribution is 0.0897. The number of hydrogen-bond donors (Lipinski definition) is 2. The maximum atomic E-state index is 11.9. The largest absolute Gasteiger partial charge is 0.362 e. The second kappa shape index (κ2) is 2.75. The van der Waals surface area contributed by atoms with Crippen molar-refractivity contribution >= 4 is 11.6 Å². The van der Waals surface area contributed by atoms with Crippen LogP contribution in [-0.2, 0) is 0 Å². The summed E-state index contributed by atoms with van der Waals surface area (Å²) in [7, 11) is 0. The molecule has 3 heteroatoms. The van der Waals surface area contributed by atoms with Gasteiger partial charge in [-0.1, -0.05) is 12.1 Å². The average Bonchev–Trinajstić information content (AvgIpc) is 3.00. The lowest BCUT2D eigenvalue weighted by Crippen LogP contribution is -2.57. The highest BCUT2D eigenvalue weighted by Gasteiger charge is 2.45. The molecule has 78 valence electrons. The van der Waals surface area contributed by atoms with Crippen molar-refractivity contribution in [1.82, 2.24) is 5.32 Å². The molecule has 1 aromatic carbocycles. The summed E-state index contributed by atoms with van der Waals surface area (Å²) >= 11 is 0. The van der Waals surface area contributed by atoms with Crippen LogP contribution in [0.15, 0.2) is 24.3 Å². The van der Waals surface area contributed by atoms with Crippen LogP contribution in [0.3, 0.4) is 0 Å². The van der Waals surface area contributed by atoms with Crippen LogP contribution in [0.1, 0.15) is 30.1 Å². The molecule has 2 aliphatic rings. The fourth-order valence-corrected chi connectivity index (χ4v) is 2.27. The Labute approximate surface area is 88.9 Å². The monoisotopic (exact) mass is 202 g/mol. The molecule has 2 N–H and O–H groups in total. The molecular formula is C12H14N2O. The molecule has 1 aliphatic carbocycles. The third-order valence-electron chi connectivity index (χ3n) is 3.33. The van der Waals surface area contributed by atoms with Gasteiger partial charge in [0, 0.05) is 11.6 Å². The zero-order chi connectivity index (χ0) is 10.5. The van der Waals surface area contributed by atoms with Crippen molar-refractivity contribution in [3.8, 4) is 0 Å². The van der Waals surface area contributed by atoms with Gasteiger partial charge in [0.25, 0.3) is 5.91 Å². The summed E-state index contributed by atoms with van der Waals surface area (Å²) in [6.45, 7) is 2.07. The van der Waals surface area contributed by atoms with Crippen LogP contribution in [0.2, 0.25) is 0 Å². The second-order valence-electron chi connectivity index (χ2n) is 4.60. The summed E-state index contributed by atoms with van der Waals surface area (Å²) in [5.74, 6) is 0.619. The minimum atomic E-state index is -0.245. The molecule has 1 aliphatic heterocycles. The van der Waals surface area contributed by atoms with E-state index in [4.69, 9.17) is 0 Å². The van der Waals surface area contributed by atoms with Gasteiger partial charge in [-0.05, 0) is 31.9 Å². The summed E-state index contributed by atoms with van der Waals surface area (Å²) < 4.78 is 0. The lowest BCUT2D eigenvalue weighted by Gasteiger charge is -2.37. The molecule has 3 rings (SSSR count). The minimum Gasteiger partial charge on any atom is -0.362 e. The van der Waals surface area contributed by atoms with Crippen molar-refractivity contribution in [1.29, 1.82) is 0 Å². The van der Waals surface area contributed by atoms with Gasteiger partial charge in [-0.2, -0.15) is 0 Å². The smallest absolute Gasteiger partial charge is 0.255 e. The van der Waals surface area contributed by atoms with Crippen molar-refractivity contribution < 1.29 is 4.79 Å². The number of benzene rings is 1. The minimum absolute atomic E-state index is 0.0405. The van der Waals surface area contributed by atoms with E-state index in [0.29, 0.717) is 5.92 Å². The second-order valence-corrected chi connectivity index (χ2v) is 4.60. The van der Waals surface area contributed by atoms with Gasteiger partial charge in [0.2, 0.25) is 0 Å². The number of rotatable bonds is 1. The first-order chi connectivity index (χ1) is 7.19. The van der Waals surface area contributed by atoms with Crippen LogP contribution in [0.5, 0.6) is 0 Å². The van der Waals surface area contributed by atoms with Crippen LogP contribution in [0.4, 0.5) is 5.69 Å². The topological polar surface area (TPSA) is 41.1 Å². The molecule has 0 saturated heterocycles. The van der Waals surface area contributed by atoms with Gasteiger partial charge in [0.1, 0.15) is 5.66 Å². The predicted molar refractivity (Wildman–Crippen MR) is 58.7 cm³/mol. The van der Waals surface area contributed by atoms with Crippen LogP contribution in [0, 0.1) is 5.92 Å². The van der Waals surface area contributed by atoms with Crippen LogP contribution in [0.25, 0.3) is 0 Å². The molecule has 0 unspecified atom stereocenters. The van der Waals surface area contributed by atoms with Gasteiger partial charge < -0.3 is 10.6 Å². The summed E-state index contributed by atoms with van der Waals surface area (Å²) in [6, 6.07) is 7.66. The Morgan fingerprint density at radius 3 is 2.73 bits per heavy atom. The molecule has 1 fully saturated rings. The fraction of sp³-hybridized carbons (Fsp3) is 0.417. The molecule has 1 heterocycles. The van der Waals surface area contributed by atoms with Crippen molar-refractivity contribution in [2.45, 2.75) is 25.4 Å². The molecule has 0 radical (unpaired) electrons. The van der Waals surface area contributed by atoms with Crippen molar-refractivity contribution in [3.05, 3.63) is 29.8 Å². The molecular weight excluding hydrogens is 188 g/mol. The first-order valence-corrected chi connectivity index (χ1v) is 5.39. The molecule has 1 amide bonds. The van der Waals surface area contributed by atoms with E-state index in [-0.39, 0.29) is 11.6 Å². The lowest BCUT2D eigenvalue weighted by atomic mass is 10.00. The molecule has 15 heavy (non-hydrogen) atoms. The third-order valence-corrected chi connectivity index (χ3v) is 3.33. The maximum Gasteiger partial charge on any atom is 0.255 e. The summed E-state index contributed by atoms with van der Waals surface area (Å²) in [4.78, 5) is 11.9. The number of amides is 1. The van der Waals surface area contributed by atoms with Gasteiger partial charge in [-0.3, -0.25) is 4.79 Å². The number of hydrogen-bond acceptors (Lipinski definition) is 2. The Morgan fingerprint density at radius 1 is 1.27 bits per heavy atom. The maximum absolute atomic E-state index is 11.9. The molecule has 3 nitrogen and oxygen atoms in total. The zero-order valence-electron chi connectivity index (χ0n) is 8.71. The van der Waals surface area contributed by atoms with Crippen LogP contribution in [-0.4, -0.2) is 11.6 Å². The van der Waals surface area contributed by atoms with E-state index < -0.39 is 0 Å². The molecule has 0 bridgehead atoms. The number of para-hydroxylation sites is 1. The summed E-state index contributed by atoms with van der Waals surface area (Å²) in [5, 5.41) is 6.49. The highest BCUT2D eigenvalue weighted by molar-refractivity contribution is 6.02. The Bertz CT molecular complexity index is 425. The standard InChI is InChI=1S/C12H14N2O/c1-12(8-6-7-8)13-10-5-3-2-4-9(10)11(15)14-12/h2-5,8,13H,6-7H2,1H3,(H,14,15)/t12-/m1/s1. The SMILES string of the molecule is C[C@]1(C2CC2)NC(=O)c2ccccc2N1. The van der Waals surface area contributed by atoms with E-state index in [9.17, 15) is 4.79 Å². The Balaban J connectivity index is 2.02. The van der Waals surface area contributed by atoms with Gasteiger partial charge in [0.05, 0.1) is 5.56 Å². The van der Waals surface area contributed by atoms with E-state index in [1.165, 1.54) is 12.8 Å². The number of nitrogens with one attached hydrogen (secondary N) is 2. The van der Waals surface area contributed by atoms with E-state index in [1.807, 2.05) is 24.3 Å². The number of carbonyl (C=O) groups excluding carboxylic acids is 1. The van der Waals surface area contributed by atoms with Gasteiger partial charge in [-0.15, -0.1) is 0 Å². The van der Waals surface area contributed by atoms with Gasteiger partial charge >= 0.3 is 0 Å². The Morgan fingerprint density at radius 2 is 2.00 bits per heavy atom. The van der Waals surface area contributed by atoms with Crippen molar-refractivity contribution in [3.63, 3.8) is 0 Å². The highest BCUT2D eigenvalue weighted by atomic mass is 16.2. The first-order valence-electron chi connectivity index (χ1n) is 5.39. The van der Waals surface area contributed by atoms with E-state index in [1.54, 1.807) is 0 Å². The van der Waals surface area contributed by atoms with E-state index in [0.717, 1.165) is 11.3 Å². The highest BCUT2D eigenvalue weighted by Crippen LogP contribution is 2.42. The quantitative estimate of drug-likeness (QED) is 0.731. The van der Waals surface area contributed by atoms with E-state index in [2.05, 4.69) is 17.6 Å². The summed E-state index contributed by atoms with van der Waals surface area (Å²) in [6.07, 6.45) is 2.40. The van der Waals surface area contributed by atoms with E-state index >= 15 is 0 Å². The average molecular weight is 202 g/mol. The molecule has 0 aromatic heterocycles. The van der Waals surface area contributed by atoms with Crippen LogP contribution < -0.4 is 10.6 Å². The first kappa shape index (κ1) is 8.77. The van der Waals surface area contributed by atoms with Crippen molar-refractivity contribution in [2.24, 2.45) is 5.92 Å². The van der Waals surface area contributed by atoms with Gasteiger partial charge in [-0.25, -0.2) is 0 Å². The van der Waals surface area contributed by atoms with Crippen molar-refractivity contribution in [2.75, 3.05) is 5.32 Å². The Hall–Kier alpha value is -1.51. The Kier molecular flexibility index (Phi) is 1.61. The number of carbonyl (C=O) groups is 1. The molecule has 1 atom stereocenters. The van der Waals surface area contributed by atoms with Crippen LogP contribution >= 0.6 is 0 Å². The molecule has 0 spiro atoms. The number of anilines is 1. The van der Waals surface area contributed by atoms with Gasteiger partial charge in [0.15, 0.2) is 0 Å². The number of fused-ring (bicyclic) bond motifs is 1. The summed E-state index contributed by atoms with van der Waals surface area (Å²) in [5.41, 5.74) is 1.46. The zero-order valence-corrected chi connectivity index (χ0v) is 8.71. The third kappa shape index (κ3) is 1.30.